The average Bonchev–Trinajstić information content (AvgIpc) is 3.45. The molecule has 3 heterocycles. The predicted octanol–water partition coefficient (Wildman–Crippen LogP) is 5.60. The van der Waals surface area contributed by atoms with Gasteiger partial charge >= 0.3 is 0 Å². The van der Waals surface area contributed by atoms with Gasteiger partial charge < -0.3 is 31.1 Å². The Labute approximate surface area is 269 Å². The van der Waals surface area contributed by atoms with E-state index in [0.717, 1.165) is 6.42 Å². The van der Waals surface area contributed by atoms with Crippen LogP contribution in [0.15, 0.2) is 54.9 Å². The van der Waals surface area contributed by atoms with Gasteiger partial charge in [0.25, 0.3) is 0 Å². The van der Waals surface area contributed by atoms with E-state index in [0.29, 0.717) is 64.5 Å². The third-order valence-electron chi connectivity index (χ3n) is 7.43. The van der Waals surface area contributed by atoms with E-state index < -0.39 is 11.6 Å². The molecule has 1 aliphatic rings. The molecule has 0 radical (unpaired) electrons. The first kappa shape index (κ1) is 32.5. The maximum absolute atomic E-state index is 15.4. The number of pyridine rings is 2. The Balaban J connectivity index is 1.40. The van der Waals surface area contributed by atoms with Crippen molar-refractivity contribution < 1.29 is 23.4 Å². The number of hydrogen-bond acceptors (Lipinski definition) is 8. The molecule has 9 nitrogen and oxygen atoms in total. The molecule has 2 aromatic heterocycles. The molecule has 1 atom stereocenters. The fraction of sp³-hybridized carbons (Fsp3) is 0.281. The number of aliphatic hydroxyl groups is 1. The topological polar surface area (TPSA) is 120 Å². The molecular weight excluding hydrogens is 625 g/mol. The van der Waals surface area contributed by atoms with Crippen molar-refractivity contribution in [2.75, 3.05) is 32.1 Å². The molecule has 0 unspecified atom stereocenters. The molecule has 0 saturated carbocycles. The number of nitrogens with one attached hydrogen (secondary N) is 4. The van der Waals surface area contributed by atoms with Gasteiger partial charge in [-0.3, -0.25) is 9.78 Å². The molecule has 5 N–H and O–H groups in total. The fourth-order valence-electron chi connectivity index (χ4n) is 5.13. The monoisotopic (exact) mass is 656 g/mol. The van der Waals surface area contributed by atoms with Gasteiger partial charge in [-0.15, -0.1) is 0 Å². The number of amides is 1. The maximum Gasteiger partial charge on any atom is 0.220 e. The van der Waals surface area contributed by atoms with Crippen LogP contribution >= 0.6 is 23.2 Å². The molecule has 13 heteroatoms. The fourth-order valence-corrected chi connectivity index (χ4v) is 5.73. The zero-order chi connectivity index (χ0) is 31.9. The third kappa shape index (κ3) is 7.51. The number of aromatic nitrogens is 2. The quantitative estimate of drug-likeness (QED) is 0.118. The van der Waals surface area contributed by atoms with Crippen LogP contribution in [0, 0.1) is 11.6 Å². The summed E-state index contributed by atoms with van der Waals surface area (Å²) in [5.74, 6) is -0.713. The third-order valence-corrected chi connectivity index (χ3v) is 8.22. The Bertz CT molecular complexity index is 1690. The van der Waals surface area contributed by atoms with E-state index in [2.05, 4.69) is 31.2 Å². The van der Waals surface area contributed by atoms with Crippen molar-refractivity contribution in [3.8, 4) is 28.1 Å². The van der Waals surface area contributed by atoms with E-state index in [1.54, 1.807) is 42.6 Å². The van der Waals surface area contributed by atoms with Crippen molar-refractivity contribution in [3.05, 3.63) is 87.7 Å². The number of aliphatic hydroxyl groups excluding tert-OH is 1. The van der Waals surface area contributed by atoms with E-state index in [4.69, 9.17) is 33.0 Å². The summed E-state index contributed by atoms with van der Waals surface area (Å²) in [6.45, 7) is 1.20. The van der Waals surface area contributed by atoms with Gasteiger partial charge in [0, 0.05) is 78.9 Å². The van der Waals surface area contributed by atoms with Crippen LogP contribution in [-0.4, -0.2) is 53.8 Å². The van der Waals surface area contributed by atoms with Crippen molar-refractivity contribution in [1.29, 1.82) is 0 Å². The van der Waals surface area contributed by atoms with E-state index in [1.165, 1.54) is 19.4 Å². The zero-order valence-electron chi connectivity index (χ0n) is 24.4. The van der Waals surface area contributed by atoms with Gasteiger partial charge in [0.05, 0.1) is 35.1 Å². The molecule has 2 aromatic carbocycles. The molecule has 0 aliphatic carbocycles. The van der Waals surface area contributed by atoms with Crippen LogP contribution in [0.2, 0.25) is 10.0 Å². The zero-order valence-corrected chi connectivity index (χ0v) is 25.9. The SMILES string of the molecule is COc1cc(-c2nccc(-c3cccc(Nc4nccc(CNCCO)c4F)c3Cl)c2Cl)cc(F)c1CNC[C@H]1CCC(=O)N1. The number of carbonyl (C=O) groups excluding carboxylic acids is 1. The number of rotatable bonds is 13. The molecule has 1 saturated heterocycles. The molecular formula is C32H32Cl2F2N6O3. The highest BCUT2D eigenvalue weighted by Crippen LogP contribution is 2.42. The van der Waals surface area contributed by atoms with E-state index in [9.17, 15) is 4.79 Å². The number of anilines is 2. The minimum atomic E-state index is -0.548. The molecule has 1 amide bonds. The molecule has 1 aliphatic heterocycles. The molecule has 4 aromatic rings. The first-order valence-corrected chi connectivity index (χ1v) is 15.1. The van der Waals surface area contributed by atoms with Crippen LogP contribution in [0.4, 0.5) is 20.3 Å². The van der Waals surface area contributed by atoms with Crippen molar-refractivity contribution in [2.45, 2.75) is 32.0 Å². The number of methoxy groups -OCH3 is 1. The van der Waals surface area contributed by atoms with Gasteiger partial charge in [-0.05, 0) is 36.8 Å². The summed E-state index contributed by atoms with van der Waals surface area (Å²) in [6.07, 6.45) is 4.26. The van der Waals surface area contributed by atoms with Crippen LogP contribution in [0.5, 0.6) is 5.75 Å². The second kappa shape index (κ2) is 14.9. The van der Waals surface area contributed by atoms with Gasteiger partial charge in [-0.2, -0.15) is 0 Å². The average molecular weight is 658 g/mol. The van der Waals surface area contributed by atoms with E-state index in [1.807, 2.05) is 0 Å². The van der Waals surface area contributed by atoms with Crippen molar-refractivity contribution in [3.63, 3.8) is 0 Å². The Kier molecular flexibility index (Phi) is 10.8. The summed E-state index contributed by atoms with van der Waals surface area (Å²) in [6, 6.07) is 11.5. The molecule has 1 fully saturated rings. The Hall–Kier alpha value is -3.87. The second-order valence-electron chi connectivity index (χ2n) is 10.4. The lowest BCUT2D eigenvalue weighted by atomic mass is 10.0. The van der Waals surface area contributed by atoms with Crippen LogP contribution in [0.25, 0.3) is 22.4 Å². The van der Waals surface area contributed by atoms with Crippen LogP contribution in [0.1, 0.15) is 24.0 Å². The number of nitrogens with zero attached hydrogens (tertiary/aromatic N) is 2. The minimum absolute atomic E-state index is 0.0102. The Morgan fingerprint density at radius 2 is 1.84 bits per heavy atom. The second-order valence-corrected chi connectivity index (χ2v) is 11.2. The minimum Gasteiger partial charge on any atom is -0.496 e. The van der Waals surface area contributed by atoms with Crippen LogP contribution in [-0.2, 0) is 17.9 Å². The first-order chi connectivity index (χ1) is 21.8. The Morgan fingerprint density at radius 3 is 2.60 bits per heavy atom. The molecule has 236 valence electrons. The lowest BCUT2D eigenvalue weighted by Gasteiger charge is -2.17. The van der Waals surface area contributed by atoms with Gasteiger partial charge in [-0.1, -0.05) is 35.3 Å². The van der Waals surface area contributed by atoms with Gasteiger partial charge in [-0.25, -0.2) is 13.8 Å². The highest BCUT2D eigenvalue weighted by atomic mass is 35.5. The summed E-state index contributed by atoms with van der Waals surface area (Å²) in [5.41, 5.74) is 2.93. The summed E-state index contributed by atoms with van der Waals surface area (Å²) in [4.78, 5) is 20.0. The summed E-state index contributed by atoms with van der Waals surface area (Å²) < 4.78 is 36.1. The Morgan fingerprint density at radius 1 is 1.04 bits per heavy atom. The largest absolute Gasteiger partial charge is 0.496 e. The van der Waals surface area contributed by atoms with Gasteiger partial charge in [0.2, 0.25) is 5.91 Å². The van der Waals surface area contributed by atoms with Gasteiger partial charge in [0.15, 0.2) is 11.6 Å². The highest BCUT2D eigenvalue weighted by Gasteiger charge is 2.22. The highest BCUT2D eigenvalue weighted by molar-refractivity contribution is 6.39. The maximum atomic E-state index is 15.4. The standard InChI is InChI=1S/C32H32Cl2F2N6O3/c1-45-26-14-19(13-24(35)23(26)17-38-16-20-5-6-27(44)41-20)31-29(34)22(8-10-39-31)21-3-2-4-25(28(21)33)42-32-30(36)18(7-9-40-32)15-37-11-12-43/h2-4,7-10,13-14,20,37-38,43H,5-6,11-12,15-17H2,1H3,(H,40,42)(H,41,44)/t20-/m1/s1. The smallest absolute Gasteiger partial charge is 0.220 e. The lowest BCUT2D eigenvalue weighted by molar-refractivity contribution is -0.119. The molecule has 0 spiro atoms. The lowest BCUT2D eigenvalue weighted by Crippen LogP contribution is -2.35. The first-order valence-electron chi connectivity index (χ1n) is 14.3. The van der Waals surface area contributed by atoms with Crippen molar-refractivity contribution in [2.24, 2.45) is 0 Å². The number of hydrogen-bond donors (Lipinski definition) is 5. The number of carbonyl (C=O) groups is 1. The number of halogens is 4. The molecule has 0 bridgehead atoms. The number of ether oxygens (including phenoxy) is 1. The van der Waals surface area contributed by atoms with Crippen LogP contribution < -0.4 is 26.0 Å². The summed E-state index contributed by atoms with van der Waals surface area (Å²) in [7, 11) is 1.46. The molecule has 45 heavy (non-hydrogen) atoms. The van der Waals surface area contributed by atoms with Crippen molar-refractivity contribution in [1.82, 2.24) is 25.9 Å². The van der Waals surface area contributed by atoms with Gasteiger partial charge in [0.1, 0.15) is 11.6 Å². The summed E-state index contributed by atoms with van der Waals surface area (Å²) >= 11 is 13.7. The predicted molar refractivity (Wildman–Crippen MR) is 171 cm³/mol. The van der Waals surface area contributed by atoms with Crippen molar-refractivity contribution >= 4 is 40.6 Å². The normalized spacial score (nSPS) is 14.4. The van der Waals surface area contributed by atoms with E-state index in [-0.39, 0.29) is 47.5 Å². The van der Waals surface area contributed by atoms with Crippen LogP contribution in [0.3, 0.4) is 0 Å². The molecule has 5 rings (SSSR count). The van der Waals surface area contributed by atoms with E-state index >= 15 is 8.78 Å². The summed E-state index contributed by atoms with van der Waals surface area (Å²) in [5, 5.41) is 21.5. The number of benzene rings is 2.